The number of aromatic nitrogens is 4. The molecule has 4 nitrogen and oxygen atoms in total. The summed E-state index contributed by atoms with van der Waals surface area (Å²) in [6, 6.07) is 54.8. The molecule has 0 amide bonds. The summed E-state index contributed by atoms with van der Waals surface area (Å²) in [7, 11) is -1.30. The largest absolute Gasteiger partial charge is 0.255 e. The van der Waals surface area contributed by atoms with Gasteiger partial charge in [0.15, 0.2) is 0 Å². The fourth-order valence-electron chi connectivity index (χ4n) is 5.45. The molecule has 46 heavy (non-hydrogen) atoms. The molecule has 0 atom stereocenters. The zero-order chi connectivity index (χ0) is 31.0. The lowest BCUT2D eigenvalue weighted by atomic mass is 10.3. The molecule has 0 N–H and O–H groups in total. The number of pyridine rings is 4. The average molecular weight is 629 g/mol. The summed E-state index contributed by atoms with van der Waals surface area (Å²) < 4.78 is 0. The van der Waals surface area contributed by atoms with Crippen LogP contribution >= 0.6 is 15.8 Å². The minimum Gasteiger partial charge on any atom is -0.255 e. The third kappa shape index (κ3) is 6.46. The molecular formula is C40H30N4P2. The fraction of sp³-hybridized carbons (Fsp3) is 0. The molecule has 8 rings (SSSR count). The van der Waals surface area contributed by atoms with E-state index >= 15 is 0 Å². The van der Waals surface area contributed by atoms with Crippen LogP contribution in [-0.2, 0) is 0 Å². The van der Waals surface area contributed by atoms with Crippen LogP contribution in [-0.4, -0.2) is 19.9 Å². The van der Waals surface area contributed by atoms with Gasteiger partial charge in [-0.25, -0.2) is 0 Å². The maximum Gasteiger partial charge on any atom is 0.0969 e. The predicted octanol–water partition coefficient (Wildman–Crippen LogP) is 6.78. The van der Waals surface area contributed by atoms with Gasteiger partial charge in [0.2, 0.25) is 0 Å². The molecule has 0 saturated heterocycles. The molecule has 0 spiro atoms. The summed E-state index contributed by atoms with van der Waals surface area (Å²) in [5.41, 5.74) is 3.89. The smallest absolute Gasteiger partial charge is 0.0969 e. The highest BCUT2D eigenvalue weighted by Crippen LogP contribution is 2.35. The van der Waals surface area contributed by atoms with E-state index in [9.17, 15) is 0 Å². The quantitative estimate of drug-likeness (QED) is 0.191. The zero-order valence-electron chi connectivity index (χ0n) is 25.0. The summed E-state index contributed by atoms with van der Waals surface area (Å²) in [5, 5.41) is 7.81. The van der Waals surface area contributed by atoms with E-state index in [1.807, 2.05) is 49.1 Å². The number of hydrogen-bond acceptors (Lipinski definition) is 4. The van der Waals surface area contributed by atoms with Crippen LogP contribution in [0.2, 0.25) is 0 Å². The first kappa shape index (κ1) is 29.6. The molecule has 0 aliphatic carbocycles. The van der Waals surface area contributed by atoms with Crippen molar-refractivity contribution < 1.29 is 0 Å². The van der Waals surface area contributed by atoms with Crippen molar-refractivity contribution in [2.75, 3.05) is 0 Å². The van der Waals surface area contributed by atoms with E-state index in [-0.39, 0.29) is 0 Å². The molecule has 0 radical (unpaired) electrons. The molecule has 4 heterocycles. The van der Waals surface area contributed by atoms with Crippen LogP contribution in [0.4, 0.5) is 0 Å². The van der Waals surface area contributed by atoms with Gasteiger partial charge in [-0.15, -0.1) is 0 Å². The predicted molar refractivity (Wildman–Crippen MR) is 196 cm³/mol. The third-order valence-electron chi connectivity index (χ3n) is 7.49. The zero-order valence-corrected chi connectivity index (χ0v) is 26.8. The van der Waals surface area contributed by atoms with E-state index in [0.717, 1.165) is 22.1 Å². The van der Waals surface area contributed by atoms with Crippen LogP contribution in [0.1, 0.15) is 0 Å². The molecule has 4 aromatic carbocycles. The van der Waals surface area contributed by atoms with E-state index in [1.54, 1.807) is 0 Å². The number of fused-ring (bicyclic) bond motifs is 2. The number of benzene rings is 4. The molecule has 0 fully saturated rings. The molecular weight excluding hydrogens is 598 g/mol. The van der Waals surface area contributed by atoms with Crippen LogP contribution in [0.15, 0.2) is 183 Å². The van der Waals surface area contributed by atoms with Crippen molar-refractivity contribution in [1.29, 1.82) is 0 Å². The molecule has 8 aromatic rings. The van der Waals surface area contributed by atoms with Crippen LogP contribution in [0.3, 0.4) is 0 Å². The van der Waals surface area contributed by atoms with Gasteiger partial charge in [-0.3, -0.25) is 19.9 Å². The molecule has 0 aliphatic rings. The lowest BCUT2D eigenvalue weighted by Gasteiger charge is -2.20. The van der Waals surface area contributed by atoms with Crippen LogP contribution in [0.25, 0.3) is 22.1 Å². The molecule has 0 saturated carbocycles. The van der Waals surface area contributed by atoms with Crippen molar-refractivity contribution in [2.24, 2.45) is 0 Å². The van der Waals surface area contributed by atoms with E-state index in [2.05, 4.69) is 153 Å². The van der Waals surface area contributed by atoms with Crippen LogP contribution in [0, 0.1) is 0 Å². The first-order chi connectivity index (χ1) is 22.9. The van der Waals surface area contributed by atoms with Gasteiger partial charge in [0.05, 0.1) is 22.1 Å². The van der Waals surface area contributed by atoms with Gasteiger partial charge < -0.3 is 0 Å². The molecule has 0 bridgehead atoms. The standard InChI is InChI=1S/2C20H15N2P/c2*1-3-8-16(9-4-1)23(17-10-5-2-6-11-17)19-13-15-21-18-12-7-14-22-20(18)19/h2*1-15H. The maximum atomic E-state index is 4.61. The summed E-state index contributed by atoms with van der Waals surface area (Å²) in [4.78, 5) is 18.1. The van der Waals surface area contributed by atoms with Gasteiger partial charge in [0, 0.05) is 35.4 Å². The molecule has 0 unspecified atom stereocenters. The molecule has 6 heteroatoms. The van der Waals surface area contributed by atoms with Gasteiger partial charge in [0.25, 0.3) is 0 Å². The third-order valence-corrected chi connectivity index (χ3v) is 12.4. The Morgan fingerprint density at radius 1 is 0.283 bits per heavy atom. The van der Waals surface area contributed by atoms with Crippen molar-refractivity contribution in [2.45, 2.75) is 0 Å². The monoisotopic (exact) mass is 628 g/mol. The van der Waals surface area contributed by atoms with E-state index < -0.39 is 15.8 Å². The Labute approximate surface area is 271 Å². The Bertz CT molecular complexity index is 1920. The Morgan fingerprint density at radius 3 is 0.935 bits per heavy atom. The highest BCUT2D eigenvalue weighted by molar-refractivity contribution is 7.80. The van der Waals surface area contributed by atoms with Crippen molar-refractivity contribution in [3.8, 4) is 0 Å². The van der Waals surface area contributed by atoms with Gasteiger partial charge >= 0.3 is 0 Å². The second kappa shape index (κ2) is 14.3. The lowest BCUT2D eigenvalue weighted by molar-refractivity contribution is 1.35. The van der Waals surface area contributed by atoms with Crippen LogP contribution < -0.4 is 31.8 Å². The van der Waals surface area contributed by atoms with Crippen LogP contribution in [0.5, 0.6) is 0 Å². The number of nitrogens with zero attached hydrogens (tertiary/aromatic N) is 4. The topological polar surface area (TPSA) is 51.6 Å². The van der Waals surface area contributed by atoms with Crippen molar-refractivity contribution in [3.05, 3.63) is 183 Å². The molecule has 4 aromatic heterocycles. The normalized spacial score (nSPS) is 11.0. The van der Waals surface area contributed by atoms with Crippen molar-refractivity contribution in [1.82, 2.24) is 19.9 Å². The van der Waals surface area contributed by atoms with Gasteiger partial charge in [-0.2, -0.15) is 0 Å². The minimum atomic E-state index is -0.648. The fourth-order valence-corrected chi connectivity index (χ4v) is 10.2. The van der Waals surface area contributed by atoms with Crippen molar-refractivity contribution >= 4 is 69.7 Å². The highest BCUT2D eigenvalue weighted by atomic mass is 31.1. The van der Waals surface area contributed by atoms with Gasteiger partial charge in [-0.1, -0.05) is 121 Å². The highest BCUT2D eigenvalue weighted by Gasteiger charge is 2.20. The second-order valence-corrected chi connectivity index (χ2v) is 14.8. The molecule has 0 aliphatic heterocycles. The summed E-state index contributed by atoms with van der Waals surface area (Å²) >= 11 is 0. The summed E-state index contributed by atoms with van der Waals surface area (Å²) in [6.45, 7) is 0. The summed E-state index contributed by atoms with van der Waals surface area (Å²) in [6.07, 6.45) is 7.47. The SMILES string of the molecule is c1ccc(P(c2ccccc2)c2ccnc3cccnc23)cc1.c1ccc(P(c2ccccc2)c2ccnc3cccnc23)cc1. The van der Waals surface area contributed by atoms with E-state index in [0.29, 0.717) is 0 Å². The average Bonchev–Trinajstić information content (AvgIpc) is 3.14. The lowest BCUT2D eigenvalue weighted by Crippen LogP contribution is -2.21. The van der Waals surface area contributed by atoms with Crippen molar-refractivity contribution in [3.63, 3.8) is 0 Å². The first-order valence-corrected chi connectivity index (χ1v) is 17.7. The van der Waals surface area contributed by atoms with Gasteiger partial charge in [-0.05, 0) is 73.5 Å². The number of hydrogen-bond donors (Lipinski definition) is 0. The van der Waals surface area contributed by atoms with Gasteiger partial charge in [0.1, 0.15) is 0 Å². The first-order valence-electron chi connectivity index (χ1n) is 15.1. The van der Waals surface area contributed by atoms with E-state index in [1.165, 1.54) is 31.8 Å². The Morgan fingerprint density at radius 2 is 0.609 bits per heavy atom. The minimum absolute atomic E-state index is 0.648. The Kier molecular flexibility index (Phi) is 9.20. The Hall–Kier alpha value is -5.14. The Balaban J connectivity index is 0.000000147. The second-order valence-electron chi connectivity index (χ2n) is 10.4. The van der Waals surface area contributed by atoms with E-state index in [4.69, 9.17) is 0 Å². The summed E-state index contributed by atoms with van der Waals surface area (Å²) in [5.74, 6) is 0. The maximum absolute atomic E-state index is 4.61. The number of rotatable bonds is 6. The molecule has 220 valence electrons.